The quantitative estimate of drug-likeness (QED) is 0.660. The molecule has 0 heterocycles. The van der Waals surface area contributed by atoms with Crippen LogP contribution in [0.15, 0.2) is 0 Å². The largest absolute Gasteiger partial charge is 0.331 e. The summed E-state index contributed by atoms with van der Waals surface area (Å²) in [6.45, 7) is 1.88. The van der Waals surface area contributed by atoms with Crippen molar-refractivity contribution in [3.63, 3.8) is 0 Å². The Morgan fingerprint density at radius 3 is 2.00 bits per heavy atom. The van der Waals surface area contributed by atoms with Gasteiger partial charge in [-0.05, 0) is 19.3 Å². The second kappa shape index (κ2) is 3.49. The van der Waals surface area contributed by atoms with Crippen LogP contribution in [0.25, 0.3) is 0 Å². The summed E-state index contributed by atoms with van der Waals surface area (Å²) in [5.74, 6) is 0. The average Bonchev–Trinajstić information content (AvgIpc) is 2.04. The highest BCUT2D eigenvalue weighted by atomic mass is 31.2. The van der Waals surface area contributed by atoms with Gasteiger partial charge in [0.05, 0.1) is 5.16 Å². The third kappa shape index (κ3) is 1.73. The molecular formula is C8H17O3P. The zero-order chi connectivity index (χ0) is 9.24. The summed E-state index contributed by atoms with van der Waals surface area (Å²) in [7, 11) is -3.87. The fourth-order valence-electron chi connectivity index (χ4n) is 2.06. The first-order valence-electron chi connectivity index (χ1n) is 4.57. The molecule has 0 saturated heterocycles. The highest BCUT2D eigenvalue weighted by Crippen LogP contribution is 2.59. The highest BCUT2D eigenvalue weighted by molar-refractivity contribution is 7.53. The second-order valence-corrected chi connectivity index (χ2v) is 5.72. The highest BCUT2D eigenvalue weighted by Gasteiger charge is 2.45. The Balaban J connectivity index is 2.81. The normalized spacial score (nSPS) is 23.9. The molecule has 0 amide bonds. The maximum atomic E-state index is 11.2. The summed E-state index contributed by atoms with van der Waals surface area (Å²) in [5, 5.41) is -0.675. The molecule has 0 atom stereocenters. The molecule has 0 bridgehead atoms. The summed E-state index contributed by atoms with van der Waals surface area (Å²) in [4.78, 5) is 18.4. The Bertz CT molecular complexity index is 190. The Kier molecular flexibility index (Phi) is 2.97. The van der Waals surface area contributed by atoms with Crippen molar-refractivity contribution in [3.8, 4) is 0 Å². The Morgan fingerprint density at radius 1 is 1.25 bits per heavy atom. The van der Waals surface area contributed by atoms with Gasteiger partial charge in [0, 0.05) is 0 Å². The summed E-state index contributed by atoms with van der Waals surface area (Å²) in [6, 6.07) is 0. The lowest BCUT2D eigenvalue weighted by molar-refractivity contribution is 0.273. The maximum absolute atomic E-state index is 11.2. The SMILES string of the molecule is CCC1(P(=O)(O)O)CCCCC1. The van der Waals surface area contributed by atoms with Gasteiger partial charge in [-0.15, -0.1) is 0 Å². The minimum absolute atomic E-state index is 0.608. The maximum Gasteiger partial charge on any atom is 0.331 e. The molecule has 0 aromatic rings. The van der Waals surface area contributed by atoms with Crippen molar-refractivity contribution in [1.82, 2.24) is 0 Å². The third-order valence-electron chi connectivity index (χ3n) is 3.06. The van der Waals surface area contributed by atoms with Crippen molar-refractivity contribution >= 4 is 7.60 Å². The van der Waals surface area contributed by atoms with E-state index < -0.39 is 12.8 Å². The third-order valence-corrected chi connectivity index (χ3v) is 5.06. The van der Waals surface area contributed by atoms with Gasteiger partial charge in [0.25, 0.3) is 0 Å². The minimum atomic E-state index is -3.87. The molecule has 1 fully saturated rings. The summed E-state index contributed by atoms with van der Waals surface area (Å²) >= 11 is 0. The predicted molar refractivity (Wildman–Crippen MR) is 48.2 cm³/mol. The zero-order valence-corrected chi connectivity index (χ0v) is 8.39. The molecule has 72 valence electrons. The van der Waals surface area contributed by atoms with Crippen LogP contribution in [0.2, 0.25) is 0 Å². The molecule has 2 N–H and O–H groups in total. The number of rotatable bonds is 2. The average molecular weight is 192 g/mol. The molecule has 1 aliphatic rings. The number of hydrogen-bond donors (Lipinski definition) is 2. The lowest BCUT2D eigenvalue weighted by Gasteiger charge is -2.36. The molecule has 0 spiro atoms. The van der Waals surface area contributed by atoms with Gasteiger partial charge in [-0.25, -0.2) is 0 Å². The standard InChI is InChI=1S/C8H17O3P/c1-2-8(12(9,10)11)6-4-3-5-7-8/h2-7H2,1H3,(H2,9,10,11). The summed E-state index contributed by atoms with van der Waals surface area (Å²) in [5.41, 5.74) is 0. The molecule has 0 aliphatic heterocycles. The van der Waals surface area contributed by atoms with E-state index in [0.29, 0.717) is 19.3 Å². The second-order valence-electron chi connectivity index (χ2n) is 3.68. The van der Waals surface area contributed by atoms with Crippen molar-refractivity contribution < 1.29 is 14.4 Å². The Hall–Kier alpha value is 0.150. The van der Waals surface area contributed by atoms with Crippen LogP contribution in [0.1, 0.15) is 45.4 Å². The molecule has 0 aromatic heterocycles. The smallest absolute Gasteiger partial charge is 0.324 e. The van der Waals surface area contributed by atoms with Crippen molar-refractivity contribution in [1.29, 1.82) is 0 Å². The van der Waals surface area contributed by atoms with Gasteiger partial charge >= 0.3 is 7.60 Å². The van der Waals surface area contributed by atoms with Crippen molar-refractivity contribution in [2.75, 3.05) is 0 Å². The molecule has 1 aliphatic carbocycles. The molecular weight excluding hydrogens is 175 g/mol. The van der Waals surface area contributed by atoms with Crippen LogP contribution in [-0.2, 0) is 4.57 Å². The molecule has 0 unspecified atom stereocenters. The Labute approximate surface area is 73.3 Å². The minimum Gasteiger partial charge on any atom is -0.324 e. The van der Waals surface area contributed by atoms with E-state index in [1.54, 1.807) is 0 Å². The van der Waals surface area contributed by atoms with Crippen LogP contribution in [0.3, 0.4) is 0 Å². The lowest BCUT2D eigenvalue weighted by atomic mass is 9.86. The van der Waals surface area contributed by atoms with E-state index >= 15 is 0 Å². The van der Waals surface area contributed by atoms with Crippen LogP contribution in [-0.4, -0.2) is 14.9 Å². The Morgan fingerprint density at radius 2 is 1.75 bits per heavy atom. The van der Waals surface area contributed by atoms with Crippen LogP contribution in [0, 0.1) is 0 Å². The fourth-order valence-corrected chi connectivity index (χ4v) is 3.37. The topological polar surface area (TPSA) is 57.5 Å². The molecule has 3 nitrogen and oxygen atoms in total. The molecule has 1 saturated carbocycles. The monoisotopic (exact) mass is 192 g/mol. The van der Waals surface area contributed by atoms with E-state index in [2.05, 4.69) is 0 Å². The molecule has 1 rings (SSSR count). The first-order valence-corrected chi connectivity index (χ1v) is 6.19. The van der Waals surface area contributed by atoms with Gasteiger partial charge < -0.3 is 9.79 Å². The van der Waals surface area contributed by atoms with Crippen molar-refractivity contribution in [3.05, 3.63) is 0 Å². The fraction of sp³-hybridized carbons (Fsp3) is 1.00. The lowest BCUT2D eigenvalue weighted by Crippen LogP contribution is -2.30. The molecule has 0 radical (unpaired) electrons. The van der Waals surface area contributed by atoms with Crippen LogP contribution >= 0.6 is 7.60 Å². The predicted octanol–water partition coefficient (Wildman–Crippen LogP) is 2.28. The van der Waals surface area contributed by atoms with Gasteiger partial charge in [0.1, 0.15) is 0 Å². The molecule has 4 heteroatoms. The zero-order valence-electron chi connectivity index (χ0n) is 7.49. The van der Waals surface area contributed by atoms with E-state index in [9.17, 15) is 14.4 Å². The van der Waals surface area contributed by atoms with Gasteiger partial charge in [0.2, 0.25) is 0 Å². The molecule has 12 heavy (non-hydrogen) atoms. The first kappa shape index (κ1) is 10.2. The molecule has 0 aromatic carbocycles. The van der Waals surface area contributed by atoms with E-state index in [-0.39, 0.29) is 0 Å². The van der Waals surface area contributed by atoms with Crippen molar-refractivity contribution in [2.24, 2.45) is 0 Å². The van der Waals surface area contributed by atoms with Gasteiger partial charge in [0.15, 0.2) is 0 Å². The van der Waals surface area contributed by atoms with Crippen molar-refractivity contribution in [2.45, 2.75) is 50.6 Å². The van der Waals surface area contributed by atoms with E-state index in [1.807, 2.05) is 6.92 Å². The van der Waals surface area contributed by atoms with Gasteiger partial charge in [-0.2, -0.15) is 0 Å². The van der Waals surface area contributed by atoms with E-state index in [4.69, 9.17) is 0 Å². The van der Waals surface area contributed by atoms with E-state index in [1.165, 1.54) is 0 Å². The first-order chi connectivity index (χ1) is 5.52. The summed E-state index contributed by atoms with van der Waals surface area (Å²) < 4.78 is 11.2. The van der Waals surface area contributed by atoms with Crippen LogP contribution < -0.4 is 0 Å². The van der Waals surface area contributed by atoms with Crippen LogP contribution in [0.4, 0.5) is 0 Å². The van der Waals surface area contributed by atoms with E-state index in [0.717, 1.165) is 19.3 Å². The van der Waals surface area contributed by atoms with Gasteiger partial charge in [-0.3, -0.25) is 4.57 Å². The number of hydrogen-bond acceptors (Lipinski definition) is 1. The summed E-state index contributed by atoms with van der Waals surface area (Å²) in [6.07, 6.45) is 5.08. The van der Waals surface area contributed by atoms with Crippen LogP contribution in [0.5, 0.6) is 0 Å². The van der Waals surface area contributed by atoms with Gasteiger partial charge in [-0.1, -0.05) is 26.2 Å².